The Morgan fingerprint density at radius 2 is 1.38 bits per heavy atom. The van der Waals surface area contributed by atoms with E-state index in [2.05, 4.69) is 6.92 Å². The molecule has 0 amide bonds. The van der Waals surface area contributed by atoms with E-state index in [1.807, 2.05) is 12.1 Å². The van der Waals surface area contributed by atoms with Gasteiger partial charge in [-0.1, -0.05) is 77.2 Å². The van der Waals surface area contributed by atoms with E-state index >= 15 is 0 Å². The Morgan fingerprint density at radius 3 is 1.95 bits per heavy atom. The molecule has 0 saturated heterocycles. The van der Waals surface area contributed by atoms with Gasteiger partial charge in [0.25, 0.3) is 0 Å². The van der Waals surface area contributed by atoms with Crippen molar-refractivity contribution in [3.05, 3.63) is 24.3 Å². The highest BCUT2D eigenvalue weighted by Gasteiger charge is 1.96. The van der Waals surface area contributed by atoms with Crippen molar-refractivity contribution < 1.29 is 9.84 Å². The van der Waals surface area contributed by atoms with Crippen LogP contribution in [0.25, 0.3) is 0 Å². The first kappa shape index (κ1) is 17.9. The van der Waals surface area contributed by atoms with E-state index in [9.17, 15) is 5.11 Å². The molecule has 0 aromatic heterocycles. The van der Waals surface area contributed by atoms with Crippen LogP contribution in [-0.2, 0) is 0 Å². The van der Waals surface area contributed by atoms with Crippen molar-refractivity contribution in [3.8, 4) is 11.5 Å². The van der Waals surface area contributed by atoms with Crippen molar-refractivity contribution in [3.63, 3.8) is 0 Å². The smallest absolute Gasteiger partial charge is 0.122 e. The van der Waals surface area contributed by atoms with Crippen LogP contribution in [0, 0.1) is 0 Å². The Bertz CT molecular complexity index is 349. The van der Waals surface area contributed by atoms with Gasteiger partial charge < -0.3 is 9.84 Å². The van der Waals surface area contributed by atoms with Gasteiger partial charge in [-0.3, -0.25) is 0 Å². The molecule has 0 atom stereocenters. The molecule has 0 radical (unpaired) electrons. The molecule has 0 saturated carbocycles. The molecule has 0 aliphatic rings. The molecule has 1 N–H and O–H groups in total. The summed E-state index contributed by atoms with van der Waals surface area (Å²) < 4.78 is 5.61. The minimum atomic E-state index is 0.270. The largest absolute Gasteiger partial charge is 0.508 e. The van der Waals surface area contributed by atoms with Crippen molar-refractivity contribution in [2.45, 2.75) is 77.6 Å². The standard InChI is InChI=1S/C19H32O2/c1-2-3-4-5-6-7-8-9-10-11-12-16-21-19-15-13-14-18(20)17-19/h13-15,17,20H,2-12,16H2,1H3. The van der Waals surface area contributed by atoms with E-state index in [4.69, 9.17) is 4.74 Å². The molecule has 0 fully saturated rings. The van der Waals surface area contributed by atoms with Gasteiger partial charge in [-0.05, 0) is 18.6 Å². The zero-order valence-corrected chi connectivity index (χ0v) is 13.7. The highest BCUT2D eigenvalue weighted by Crippen LogP contribution is 2.18. The van der Waals surface area contributed by atoms with E-state index in [1.54, 1.807) is 12.1 Å². The summed E-state index contributed by atoms with van der Waals surface area (Å²) in [5.41, 5.74) is 0. The molecule has 1 aromatic rings. The Kier molecular flexibility index (Phi) is 10.7. The van der Waals surface area contributed by atoms with E-state index < -0.39 is 0 Å². The second kappa shape index (κ2) is 12.6. The molecule has 21 heavy (non-hydrogen) atoms. The molecule has 1 rings (SSSR count). The van der Waals surface area contributed by atoms with Gasteiger partial charge in [0, 0.05) is 6.07 Å². The van der Waals surface area contributed by atoms with Gasteiger partial charge in [-0.15, -0.1) is 0 Å². The number of phenols is 1. The number of hydrogen-bond acceptors (Lipinski definition) is 2. The van der Waals surface area contributed by atoms with Crippen LogP contribution in [0.15, 0.2) is 24.3 Å². The maximum atomic E-state index is 9.32. The highest BCUT2D eigenvalue weighted by atomic mass is 16.5. The predicted molar refractivity (Wildman–Crippen MR) is 90.1 cm³/mol. The Labute approximate surface area is 130 Å². The molecular formula is C19H32O2. The van der Waals surface area contributed by atoms with Gasteiger partial charge in [0.1, 0.15) is 11.5 Å². The molecule has 0 unspecified atom stereocenters. The molecule has 2 nitrogen and oxygen atoms in total. The molecule has 0 bridgehead atoms. The highest BCUT2D eigenvalue weighted by molar-refractivity contribution is 5.31. The van der Waals surface area contributed by atoms with Gasteiger partial charge in [0.2, 0.25) is 0 Å². The van der Waals surface area contributed by atoms with Crippen LogP contribution in [-0.4, -0.2) is 11.7 Å². The lowest BCUT2D eigenvalue weighted by molar-refractivity contribution is 0.302. The molecule has 0 spiro atoms. The molecule has 1 aromatic carbocycles. The maximum absolute atomic E-state index is 9.32. The number of benzene rings is 1. The summed E-state index contributed by atoms with van der Waals surface area (Å²) in [6.07, 6.45) is 14.8. The molecule has 120 valence electrons. The summed E-state index contributed by atoms with van der Waals surface area (Å²) in [7, 11) is 0. The number of rotatable bonds is 13. The summed E-state index contributed by atoms with van der Waals surface area (Å²) in [6.45, 7) is 3.02. The number of hydrogen-bond donors (Lipinski definition) is 1. The van der Waals surface area contributed by atoms with E-state index in [0.29, 0.717) is 0 Å². The quantitative estimate of drug-likeness (QED) is 0.446. The van der Waals surface area contributed by atoms with Crippen LogP contribution in [0.4, 0.5) is 0 Å². The number of ether oxygens (including phenoxy) is 1. The second-order valence-corrected chi connectivity index (χ2v) is 5.88. The van der Waals surface area contributed by atoms with Gasteiger partial charge in [0.05, 0.1) is 6.61 Å². The van der Waals surface area contributed by atoms with E-state index in [0.717, 1.165) is 18.8 Å². The SMILES string of the molecule is CCCCCCCCCCCCCOc1cccc(O)c1. The minimum Gasteiger partial charge on any atom is -0.508 e. The lowest BCUT2D eigenvalue weighted by Crippen LogP contribution is -1.97. The summed E-state index contributed by atoms with van der Waals surface area (Å²) in [5, 5.41) is 9.32. The zero-order valence-electron chi connectivity index (χ0n) is 13.7. The van der Waals surface area contributed by atoms with Crippen molar-refractivity contribution in [1.82, 2.24) is 0 Å². The molecule has 0 aliphatic carbocycles. The monoisotopic (exact) mass is 292 g/mol. The summed E-state index contributed by atoms with van der Waals surface area (Å²) in [6, 6.07) is 7.02. The third-order valence-corrected chi connectivity index (χ3v) is 3.83. The Hall–Kier alpha value is -1.18. The van der Waals surface area contributed by atoms with Crippen LogP contribution in [0.5, 0.6) is 11.5 Å². The number of phenolic OH excluding ortho intramolecular Hbond substituents is 1. The second-order valence-electron chi connectivity index (χ2n) is 5.88. The topological polar surface area (TPSA) is 29.5 Å². The fourth-order valence-electron chi connectivity index (χ4n) is 2.53. The van der Waals surface area contributed by atoms with Crippen LogP contribution in [0.1, 0.15) is 77.6 Å². The lowest BCUT2D eigenvalue weighted by Gasteiger charge is -2.06. The fourth-order valence-corrected chi connectivity index (χ4v) is 2.53. The first-order valence-electron chi connectivity index (χ1n) is 8.74. The van der Waals surface area contributed by atoms with Crippen molar-refractivity contribution in [1.29, 1.82) is 0 Å². The minimum absolute atomic E-state index is 0.270. The van der Waals surface area contributed by atoms with Crippen LogP contribution >= 0.6 is 0 Å². The molecule has 2 heteroatoms. The third kappa shape index (κ3) is 10.2. The molecule has 0 aliphatic heterocycles. The average Bonchev–Trinajstić information content (AvgIpc) is 2.48. The van der Waals surface area contributed by atoms with Crippen molar-refractivity contribution in [2.24, 2.45) is 0 Å². The van der Waals surface area contributed by atoms with Crippen LogP contribution in [0.3, 0.4) is 0 Å². The van der Waals surface area contributed by atoms with Crippen LogP contribution in [0.2, 0.25) is 0 Å². The summed E-state index contributed by atoms with van der Waals surface area (Å²) in [5.74, 6) is 1.04. The zero-order chi connectivity index (χ0) is 15.2. The lowest BCUT2D eigenvalue weighted by atomic mass is 10.1. The normalized spacial score (nSPS) is 10.7. The van der Waals surface area contributed by atoms with Gasteiger partial charge in [-0.2, -0.15) is 0 Å². The van der Waals surface area contributed by atoms with E-state index in [1.165, 1.54) is 64.2 Å². The van der Waals surface area contributed by atoms with Crippen molar-refractivity contribution >= 4 is 0 Å². The Balaban J connectivity index is 1.82. The first-order chi connectivity index (χ1) is 10.3. The van der Waals surface area contributed by atoms with Gasteiger partial charge in [-0.25, -0.2) is 0 Å². The van der Waals surface area contributed by atoms with Crippen LogP contribution < -0.4 is 4.74 Å². The summed E-state index contributed by atoms with van der Waals surface area (Å²) >= 11 is 0. The maximum Gasteiger partial charge on any atom is 0.122 e. The molecule has 0 heterocycles. The van der Waals surface area contributed by atoms with Gasteiger partial charge >= 0.3 is 0 Å². The Morgan fingerprint density at radius 1 is 0.810 bits per heavy atom. The third-order valence-electron chi connectivity index (χ3n) is 3.83. The number of unbranched alkanes of at least 4 members (excludes halogenated alkanes) is 10. The van der Waals surface area contributed by atoms with E-state index in [-0.39, 0.29) is 5.75 Å². The average molecular weight is 292 g/mol. The first-order valence-corrected chi connectivity index (χ1v) is 8.74. The number of aromatic hydroxyl groups is 1. The predicted octanol–water partition coefficient (Wildman–Crippen LogP) is 6.08. The fraction of sp³-hybridized carbons (Fsp3) is 0.684. The van der Waals surface area contributed by atoms with Crippen molar-refractivity contribution in [2.75, 3.05) is 6.61 Å². The van der Waals surface area contributed by atoms with Gasteiger partial charge in [0.15, 0.2) is 0 Å². The summed E-state index contributed by atoms with van der Waals surface area (Å²) in [4.78, 5) is 0. The molecular weight excluding hydrogens is 260 g/mol.